The van der Waals surface area contributed by atoms with Crippen LogP contribution >= 0.6 is 0 Å². The first kappa shape index (κ1) is 9.40. The summed E-state index contributed by atoms with van der Waals surface area (Å²) in [6, 6.07) is 2.60. The van der Waals surface area contributed by atoms with Gasteiger partial charge in [0, 0.05) is 18.8 Å². The Balaban J connectivity index is 2.03. The smallest absolute Gasteiger partial charge is 0.220 e. The molecular formula is C10H16N4. The predicted molar refractivity (Wildman–Crippen MR) is 55.6 cm³/mol. The van der Waals surface area contributed by atoms with Crippen LogP contribution in [0.5, 0.6) is 0 Å². The van der Waals surface area contributed by atoms with Gasteiger partial charge in [0.2, 0.25) is 5.95 Å². The number of likely N-dealkylation sites (tertiary alicyclic amines) is 1. The van der Waals surface area contributed by atoms with E-state index in [1.165, 1.54) is 19.4 Å². The Labute approximate surface area is 84.2 Å². The van der Waals surface area contributed by atoms with Crippen LogP contribution in [-0.2, 0) is 6.54 Å². The minimum atomic E-state index is 0.370. The zero-order valence-corrected chi connectivity index (χ0v) is 8.48. The first-order valence-electron chi connectivity index (χ1n) is 5.07. The monoisotopic (exact) mass is 192 g/mol. The minimum absolute atomic E-state index is 0.370. The zero-order valence-electron chi connectivity index (χ0n) is 8.48. The molecule has 0 bridgehead atoms. The topological polar surface area (TPSA) is 55.0 Å². The van der Waals surface area contributed by atoms with Gasteiger partial charge < -0.3 is 5.73 Å². The van der Waals surface area contributed by atoms with Gasteiger partial charge >= 0.3 is 0 Å². The molecule has 1 aromatic heterocycles. The van der Waals surface area contributed by atoms with E-state index in [4.69, 9.17) is 5.73 Å². The molecule has 0 amide bonds. The van der Waals surface area contributed by atoms with Gasteiger partial charge in [-0.1, -0.05) is 0 Å². The molecule has 0 aromatic carbocycles. The molecule has 1 fully saturated rings. The lowest BCUT2D eigenvalue weighted by atomic mass is 10.2. The molecule has 0 saturated carbocycles. The second-order valence-corrected chi connectivity index (χ2v) is 3.87. The van der Waals surface area contributed by atoms with E-state index in [1.54, 1.807) is 6.20 Å². The third-order valence-electron chi connectivity index (χ3n) is 2.79. The van der Waals surface area contributed by atoms with E-state index in [9.17, 15) is 0 Å². The maximum atomic E-state index is 5.53. The second kappa shape index (κ2) is 3.92. The normalized spacial score (nSPS) is 22.8. The summed E-state index contributed by atoms with van der Waals surface area (Å²) in [7, 11) is 0. The fourth-order valence-electron chi connectivity index (χ4n) is 1.94. The van der Waals surface area contributed by atoms with E-state index in [2.05, 4.69) is 21.8 Å². The fraction of sp³-hybridized carbons (Fsp3) is 0.600. The molecule has 1 atom stereocenters. The highest BCUT2D eigenvalue weighted by molar-refractivity contribution is 5.17. The van der Waals surface area contributed by atoms with Crippen LogP contribution in [0.3, 0.4) is 0 Å². The van der Waals surface area contributed by atoms with Crippen LogP contribution in [0.15, 0.2) is 12.3 Å². The molecule has 4 nitrogen and oxygen atoms in total. The van der Waals surface area contributed by atoms with Gasteiger partial charge in [0.15, 0.2) is 0 Å². The highest BCUT2D eigenvalue weighted by atomic mass is 15.2. The number of aromatic nitrogens is 2. The molecule has 0 aliphatic carbocycles. The van der Waals surface area contributed by atoms with E-state index >= 15 is 0 Å². The van der Waals surface area contributed by atoms with Gasteiger partial charge in [0.05, 0.1) is 5.69 Å². The number of anilines is 1. The lowest BCUT2D eigenvalue weighted by Crippen LogP contribution is -2.26. The van der Waals surface area contributed by atoms with Gasteiger partial charge in [-0.2, -0.15) is 0 Å². The van der Waals surface area contributed by atoms with Crippen molar-refractivity contribution in [3.05, 3.63) is 18.0 Å². The van der Waals surface area contributed by atoms with Crippen LogP contribution < -0.4 is 5.73 Å². The van der Waals surface area contributed by atoms with Crippen molar-refractivity contribution < 1.29 is 0 Å². The van der Waals surface area contributed by atoms with Crippen LogP contribution in [0.2, 0.25) is 0 Å². The molecule has 4 heteroatoms. The van der Waals surface area contributed by atoms with Crippen molar-refractivity contribution in [2.45, 2.75) is 32.4 Å². The van der Waals surface area contributed by atoms with Crippen molar-refractivity contribution in [3.63, 3.8) is 0 Å². The van der Waals surface area contributed by atoms with Crippen LogP contribution in [0.25, 0.3) is 0 Å². The van der Waals surface area contributed by atoms with Crippen LogP contribution in [0, 0.1) is 0 Å². The molecule has 14 heavy (non-hydrogen) atoms. The lowest BCUT2D eigenvalue weighted by Gasteiger charge is -2.20. The maximum Gasteiger partial charge on any atom is 0.220 e. The first-order chi connectivity index (χ1) is 6.75. The molecule has 2 heterocycles. The number of rotatable bonds is 2. The molecule has 0 spiro atoms. The third-order valence-corrected chi connectivity index (χ3v) is 2.79. The van der Waals surface area contributed by atoms with E-state index < -0.39 is 0 Å². The van der Waals surface area contributed by atoms with Crippen molar-refractivity contribution in [3.8, 4) is 0 Å². The summed E-state index contributed by atoms with van der Waals surface area (Å²) in [5.41, 5.74) is 6.55. The molecule has 1 aliphatic rings. The Hall–Kier alpha value is -1.16. The molecule has 1 aromatic rings. The van der Waals surface area contributed by atoms with E-state index in [-0.39, 0.29) is 0 Å². The Morgan fingerprint density at radius 2 is 2.50 bits per heavy atom. The minimum Gasteiger partial charge on any atom is -0.368 e. The SMILES string of the molecule is CC1CCCN1Cc1ccnc(N)n1. The number of nitrogens with zero attached hydrogens (tertiary/aromatic N) is 3. The highest BCUT2D eigenvalue weighted by Gasteiger charge is 2.20. The fourth-order valence-corrected chi connectivity index (χ4v) is 1.94. The first-order valence-corrected chi connectivity index (χ1v) is 5.07. The van der Waals surface area contributed by atoms with Crippen molar-refractivity contribution in [2.24, 2.45) is 0 Å². The molecule has 1 saturated heterocycles. The number of nitrogens with two attached hydrogens (primary N) is 1. The van der Waals surface area contributed by atoms with E-state index in [0.29, 0.717) is 12.0 Å². The quantitative estimate of drug-likeness (QED) is 0.760. The lowest BCUT2D eigenvalue weighted by molar-refractivity contribution is 0.257. The largest absolute Gasteiger partial charge is 0.368 e. The summed E-state index contributed by atoms with van der Waals surface area (Å²) in [5.74, 6) is 0.370. The summed E-state index contributed by atoms with van der Waals surface area (Å²) < 4.78 is 0. The van der Waals surface area contributed by atoms with Crippen molar-refractivity contribution in [2.75, 3.05) is 12.3 Å². The van der Waals surface area contributed by atoms with Crippen molar-refractivity contribution in [1.29, 1.82) is 0 Å². The van der Waals surface area contributed by atoms with E-state index in [0.717, 1.165) is 12.2 Å². The highest BCUT2D eigenvalue weighted by Crippen LogP contribution is 2.18. The maximum absolute atomic E-state index is 5.53. The van der Waals surface area contributed by atoms with Crippen LogP contribution in [0.4, 0.5) is 5.95 Å². The van der Waals surface area contributed by atoms with E-state index in [1.807, 2.05) is 6.07 Å². The second-order valence-electron chi connectivity index (χ2n) is 3.87. The Bertz CT molecular complexity index is 313. The van der Waals surface area contributed by atoms with Crippen LogP contribution in [-0.4, -0.2) is 27.5 Å². The third kappa shape index (κ3) is 2.01. The number of hydrogen-bond acceptors (Lipinski definition) is 4. The summed E-state index contributed by atoms with van der Waals surface area (Å²) in [4.78, 5) is 10.5. The number of hydrogen-bond donors (Lipinski definition) is 1. The average Bonchev–Trinajstić information content (AvgIpc) is 2.52. The number of nitrogen functional groups attached to an aromatic ring is 1. The van der Waals surface area contributed by atoms with Gasteiger partial charge in [-0.05, 0) is 32.4 Å². The molecule has 76 valence electrons. The molecule has 1 aliphatic heterocycles. The standard InChI is InChI=1S/C10H16N4/c1-8-3-2-6-14(8)7-9-4-5-12-10(11)13-9/h4-5,8H,2-3,6-7H2,1H3,(H2,11,12,13). The molecule has 1 unspecified atom stereocenters. The molecule has 2 rings (SSSR count). The zero-order chi connectivity index (χ0) is 9.97. The Morgan fingerprint density at radius 1 is 1.64 bits per heavy atom. The molecular weight excluding hydrogens is 176 g/mol. The van der Waals surface area contributed by atoms with Crippen LogP contribution in [0.1, 0.15) is 25.5 Å². The summed E-state index contributed by atoms with van der Waals surface area (Å²) in [6.45, 7) is 4.33. The van der Waals surface area contributed by atoms with Gasteiger partial charge in [0.1, 0.15) is 0 Å². The Morgan fingerprint density at radius 3 is 3.14 bits per heavy atom. The molecule has 0 radical (unpaired) electrons. The van der Waals surface area contributed by atoms with Gasteiger partial charge in [-0.15, -0.1) is 0 Å². The van der Waals surface area contributed by atoms with Gasteiger partial charge in [-0.25, -0.2) is 9.97 Å². The predicted octanol–water partition coefficient (Wildman–Crippen LogP) is 1.04. The summed E-state index contributed by atoms with van der Waals surface area (Å²) in [6.07, 6.45) is 4.31. The van der Waals surface area contributed by atoms with Crippen molar-refractivity contribution in [1.82, 2.24) is 14.9 Å². The average molecular weight is 192 g/mol. The van der Waals surface area contributed by atoms with Gasteiger partial charge in [-0.3, -0.25) is 4.90 Å². The van der Waals surface area contributed by atoms with Crippen molar-refractivity contribution >= 4 is 5.95 Å². The summed E-state index contributed by atoms with van der Waals surface area (Å²) >= 11 is 0. The van der Waals surface area contributed by atoms with Gasteiger partial charge in [0.25, 0.3) is 0 Å². The Kier molecular flexibility index (Phi) is 2.63. The summed E-state index contributed by atoms with van der Waals surface area (Å²) in [5, 5.41) is 0. The molecule has 2 N–H and O–H groups in total.